The number of fused-ring (bicyclic) bond motifs is 1. The number of piperidine rings is 1. The molecule has 0 amide bonds. The highest BCUT2D eigenvalue weighted by molar-refractivity contribution is 7.13. The topological polar surface area (TPSA) is 72.1 Å². The first kappa shape index (κ1) is 17.4. The molecule has 5 rings (SSSR count). The van der Waals surface area contributed by atoms with E-state index in [1.807, 2.05) is 19.4 Å². The van der Waals surface area contributed by atoms with E-state index in [1.165, 1.54) is 23.3 Å². The van der Waals surface area contributed by atoms with E-state index in [0.717, 1.165) is 41.6 Å². The van der Waals surface area contributed by atoms with E-state index in [4.69, 9.17) is 9.97 Å². The Hall–Kier alpha value is -2.71. The number of aromatic nitrogens is 5. The molecule has 0 aliphatic carbocycles. The van der Waals surface area contributed by atoms with Crippen molar-refractivity contribution in [2.45, 2.75) is 25.7 Å². The van der Waals surface area contributed by atoms with Crippen molar-refractivity contribution >= 4 is 28.5 Å². The van der Waals surface area contributed by atoms with E-state index in [-0.39, 0.29) is 0 Å². The third-order valence-corrected chi connectivity index (χ3v) is 6.25. The van der Waals surface area contributed by atoms with Gasteiger partial charge in [0.1, 0.15) is 0 Å². The van der Waals surface area contributed by atoms with Crippen LogP contribution < -0.4 is 10.6 Å². The summed E-state index contributed by atoms with van der Waals surface area (Å²) in [6, 6.07) is 2.21. The molecule has 144 valence electrons. The van der Waals surface area contributed by atoms with Crippen LogP contribution in [0.4, 0.5) is 11.5 Å². The van der Waals surface area contributed by atoms with Crippen LogP contribution in [0.3, 0.4) is 0 Å². The number of nitrogens with one attached hydrogen (secondary N) is 2. The molecule has 1 atom stereocenters. The minimum Gasteiger partial charge on any atom is -0.335 e. The molecule has 2 N–H and O–H groups in total. The van der Waals surface area contributed by atoms with Gasteiger partial charge in [0, 0.05) is 31.9 Å². The highest BCUT2D eigenvalue weighted by Gasteiger charge is 2.21. The maximum atomic E-state index is 5.01. The fourth-order valence-electron chi connectivity index (χ4n) is 3.75. The van der Waals surface area contributed by atoms with Crippen LogP contribution in [0.25, 0.3) is 16.2 Å². The number of aryl methyl sites for hydroxylation is 2. The molecule has 4 aromatic rings. The van der Waals surface area contributed by atoms with E-state index in [9.17, 15) is 0 Å². The van der Waals surface area contributed by atoms with Gasteiger partial charge < -0.3 is 10.6 Å². The Labute approximate surface area is 167 Å². The molecule has 1 aliphatic heterocycles. The molecule has 1 unspecified atom stereocenters. The first-order valence-electron chi connectivity index (χ1n) is 9.57. The van der Waals surface area contributed by atoms with Crippen molar-refractivity contribution in [1.29, 1.82) is 0 Å². The molecule has 7 nitrogen and oxygen atoms in total. The number of nitrogens with zero attached hydrogens (tertiary/aromatic N) is 5. The van der Waals surface area contributed by atoms with Gasteiger partial charge in [0.25, 0.3) is 0 Å². The smallest absolute Gasteiger partial charge is 0.181 e. The molecular weight excluding hydrogens is 370 g/mol. The highest BCUT2D eigenvalue weighted by atomic mass is 32.1. The molecule has 4 aromatic heterocycles. The zero-order valence-electron chi connectivity index (χ0n) is 16.0. The lowest BCUT2D eigenvalue weighted by Crippen LogP contribution is -2.28. The highest BCUT2D eigenvalue weighted by Crippen LogP contribution is 2.32. The second kappa shape index (κ2) is 7.03. The summed E-state index contributed by atoms with van der Waals surface area (Å²) in [7, 11) is 1.90. The summed E-state index contributed by atoms with van der Waals surface area (Å²) < 4.78 is 3.95. The number of anilines is 2. The molecule has 1 fully saturated rings. The van der Waals surface area contributed by atoms with E-state index >= 15 is 0 Å². The average molecular weight is 394 g/mol. The first-order chi connectivity index (χ1) is 13.7. The zero-order valence-corrected chi connectivity index (χ0v) is 16.8. The predicted octanol–water partition coefficient (Wildman–Crippen LogP) is 3.71. The lowest BCUT2D eigenvalue weighted by Gasteiger charge is -2.20. The third kappa shape index (κ3) is 3.18. The van der Waals surface area contributed by atoms with Crippen LogP contribution in [0, 0.1) is 6.92 Å². The van der Waals surface area contributed by atoms with Gasteiger partial charge in [-0.25, -0.2) is 9.97 Å². The van der Waals surface area contributed by atoms with E-state index in [1.54, 1.807) is 22.2 Å². The van der Waals surface area contributed by atoms with Crippen LogP contribution in [0.15, 0.2) is 36.2 Å². The van der Waals surface area contributed by atoms with Gasteiger partial charge in [-0.05, 0) is 43.3 Å². The maximum absolute atomic E-state index is 5.01. The van der Waals surface area contributed by atoms with Crippen molar-refractivity contribution in [2.75, 3.05) is 18.4 Å². The van der Waals surface area contributed by atoms with Gasteiger partial charge in [0.05, 0.1) is 34.3 Å². The Bertz CT molecular complexity index is 1120. The van der Waals surface area contributed by atoms with Crippen LogP contribution in [0.1, 0.15) is 30.0 Å². The minimum absolute atomic E-state index is 0.442. The molecule has 8 heteroatoms. The van der Waals surface area contributed by atoms with Gasteiger partial charge in [-0.2, -0.15) is 5.10 Å². The molecular formula is C20H23N7S. The lowest BCUT2D eigenvalue weighted by atomic mass is 9.97. The summed E-state index contributed by atoms with van der Waals surface area (Å²) in [5.41, 5.74) is 5.23. The van der Waals surface area contributed by atoms with Gasteiger partial charge in [-0.15, -0.1) is 11.3 Å². The summed E-state index contributed by atoms with van der Waals surface area (Å²) in [6.07, 6.45) is 10.2. The van der Waals surface area contributed by atoms with Gasteiger partial charge in [0.15, 0.2) is 11.5 Å². The number of hydrogen-bond acceptors (Lipinski definition) is 6. The predicted molar refractivity (Wildman–Crippen MR) is 112 cm³/mol. The first-order valence-corrected chi connectivity index (χ1v) is 10.5. The lowest BCUT2D eigenvalue weighted by molar-refractivity contribution is 0.456. The molecule has 5 heterocycles. The number of hydrogen-bond donors (Lipinski definition) is 2. The SMILES string of the molecule is Cc1csc(-c2cnc(Nc3cnn(C)c3)c3nc(C4CCCNC4)cn23)c1. The summed E-state index contributed by atoms with van der Waals surface area (Å²) in [5, 5.41) is 13.3. The molecule has 0 aromatic carbocycles. The number of thiophene rings is 1. The van der Waals surface area contributed by atoms with E-state index in [0.29, 0.717) is 5.92 Å². The van der Waals surface area contributed by atoms with Crippen molar-refractivity contribution in [3.05, 3.63) is 47.5 Å². The number of rotatable bonds is 4. The van der Waals surface area contributed by atoms with Crippen molar-refractivity contribution < 1.29 is 0 Å². The summed E-state index contributed by atoms with van der Waals surface area (Å²) in [6.45, 7) is 4.20. The normalized spacial score (nSPS) is 17.3. The quantitative estimate of drug-likeness (QED) is 0.553. The van der Waals surface area contributed by atoms with Crippen LogP contribution >= 0.6 is 11.3 Å². The molecule has 0 bridgehead atoms. The Morgan fingerprint density at radius 2 is 2.21 bits per heavy atom. The Morgan fingerprint density at radius 3 is 2.93 bits per heavy atom. The monoisotopic (exact) mass is 393 g/mol. The Morgan fingerprint density at radius 1 is 1.29 bits per heavy atom. The average Bonchev–Trinajstić information content (AvgIpc) is 3.43. The second-order valence-electron chi connectivity index (χ2n) is 7.41. The fraction of sp³-hybridized carbons (Fsp3) is 0.350. The molecule has 0 radical (unpaired) electrons. The molecule has 0 spiro atoms. The zero-order chi connectivity index (χ0) is 19.1. The second-order valence-corrected chi connectivity index (χ2v) is 8.32. The van der Waals surface area contributed by atoms with Gasteiger partial charge in [0.2, 0.25) is 0 Å². The standard InChI is InChI=1S/C20H23N7S/c1-13-6-18(28-12-13)17-9-22-19(24-15-8-23-26(2)10-15)20-25-16(11-27(17)20)14-4-3-5-21-7-14/h6,8-12,14,21H,3-5,7H2,1-2H3,(H,22,24). The maximum Gasteiger partial charge on any atom is 0.181 e. The van der Waals surface area contributed by atoms with E-state index in [2.05, 4.69) is 44.7 Å². The largest absolute Gasteiger partial charge is 0.335 e. The van der Waals surface area contributed by atoms with Crippen LogP contribution in [0.2, 0.25) is 0 Å². The number of imidazole rings is 1. The van der Waals surface area contributed by atoms with Gasteiger partial charge >= 0.3 is 0 Å². The van der Waals surface area contributed by atoms with Crippen LogP contribution in [0.5, 0.6) is 0 Å². The summed E-state index contributed by atoms with van der Waals surface area (Å²) >= 11 is 1.74. The molecule has 28 heavy (non-hydrogen) atoms. The Kier molecular flexibility index (Phi) is 4.37. The van der Waals surface area contributed by atoms with Crippen molar-refractivity contribution in [3.8, 4) is 10.6 Å². The molecule has 0 saturated carbocycles. The van der Waals surface area contributed by atoms with Crippen LogP contribution in [-0.2, 0) is 7.05 Å². The minimum atomic E-state index is 0.442. The van der Waals surface area contributed by atoms with E-state index < -0.39 is 0 Å². The summed E-state index contributed by atoms with van der Waals surface area (Å²) in [4.78, 5) is 10.9. The summed E-state index contributed by atoms with van der Waals surface area (Å²) in [5.74, 6) is 1.19. The van der Waals surface area contributed by atoms with Crippen molar-refractivity contribution in [1.82, 2.24) is 29.5 Å². The third-order valence-electron chi connectivity index (χ3n) is 5.18. The van der Waals surface area contributed by atoms with Crippen molar-refractivity contribution in [2.24, 2.45) is 7.05 Å². The molecule has 1 saturated heterocycles. The van der Waals surface area contributed by atoms with Gasteiger partial charge in [-0.1, -0.05) is 0 Å². The van der Waals surface area contributed by atoms with Crippen LogP contribution in [-0.4, -0.2) is 37.2 Å². The van der Waals surface area contributed by atoms with Crippen molar-refractivity contribution in [3.63, 3.8) is 0 Å². The fourth-order valence-corrected chi connectivity index (χ4v) is 4.66. The molecule has 1 aliphatic rings. The Balaban J connectivity index is 1.62. The van der Waals surface area contributed by atoms with Gasteiger partial charge in [-0.3, -0.25) is 9.08 Å².